The van der Waals surface area contributed by atoms with Crippen LogP contribution in [-0.4, -0.2) is 52.3 Å². The highest BCUT2D eigenvalue weighted by atomic mass is 32.1. The van der Waals surface area contributed by atoms with Gasteiger partial charge in [-0.1, -0.05) is 44.4 Å². The number of nitrogens with one attached hydrogen (secondary N) is 2. The molecule has 3 amide bonds. The lowest BCUT2D eigenvalue weighted by Crippen LogP contribution is -2.55. The Kier molecular flexibility index (Phi) is 9.36. The van der Waals surface area contributed by atoms with E-state index in [-0.39, 0.29) is 35.6 Å². The Balaban J connectivity index is 1.94. The fourth-order valence-corrected chi connectivity index (χ4v) is 5.13. The molecule has 0 saturated heterocycles. The van der Waals surface area contributed by atoms with Crippen molar-refractivity contribution in [3.8, 4) is 0 Å². The third-order valence-electron chi connectivity index (χ3n) is 7.18. The van der Waals surface area contributed by atoms with E-state index in [1.807, 2.05) is 32.0 Å². The molecule has 0 radical (unpaired) electrons. The molecule has 7 nitrogen and oxygen atoms in total. The second kappa shape index (κ2) is 11.9. The van der Waals surface area contributed by atoms with Crippen LogP contribution < -0.4 is 10.6 Å². The molecule has 200 valence electrons. The predicted octanol–water partition coefficient (Wildman–Crippen LogP) is 4.85. The predicted molar refractivity (Wildman–Crippen MR) is 145 cm³/mol. The molecular formula is C28H43N3O4S. The maximum absolute atomic E-state index is 14.0. The molecule has 36 heavy (non-hydrogen) atoms. The van der Waals surface area contributed by atoms with E-state index in [1.54, 1.807) is 25.7 Å². The van der Waals surface area contributed by atoms with Crippen LogP contribution in [-0.2, 0) is 14.3 Å². The van der Waals surface area contributed by atoms with Crippen LogP contribution in [0, 0.1) is 19.8 Å². The zero-order valence-electron chi connectivity index (χ0n) is 22.6. The molecule has 4 unspecified atom stereocenters. The molecule has 0 spiro atoms. The third-order valence-corrected chi connectivity index (χ3v) is 7.54. The number of alkyl carbamates (subject to hydrolysis) is 1. The summed E-state index contributed by atoms with van der Waals surface area (Å²) in [6.45, 7) is 11.4. The van der Waals surface area contributed by atoms with E-state index in [1.165, 1.54) is 6.42 Å². The first-order valence-electron chi connectivity index (χ1n) is 13.2. The highest BCUT2D eigenvalue weighted by molar-refractivity contribution is 7.80. The molecule has 4 atom stereocenters. The van der Waals surface area contributed by atoms with Crippen molar-refractivity contribution in [2.24, 2.45) is 5.92 Å². The minimum absolute atomic E-state index is 0.0796. The molecule has 1 aromatic carbocycles. The first-order valence-corrected chi connectivity index (χ1v) is 13.8. The van der Waals surface area contributed by atoms with Gasteiger partial charge in [0, 0.05) is 17.8 Å². The summed E-state index contributed by atoms with van der Waals surface area (Å²) < 4.78 is 5.39. The van der Waals surface area contributed by atoms with Crippen molar-refractivity contribution >= 4 is 30.5 Å². The van der Waals surface area contributed by atoms with Crippen LogP contribution in [0.3, 0.4) is 0 Å². The second-order valence-corrected chi connectivity index (χ2v) is 11.9. The smallest absolute Gasteiger partial charge is 0.408 e. The summed E-state index contributed by atoms with van der Waals surface area (Å²) in [5.41, 5.74) is 2.29. The minimum atomic E-state index is -0.910. The molecule has 2 aliphatic carbocycles. The van der Waals surface area contributed by atoms with Crippen molar-refractivity contribution in [1.82, 2.24) is 15.5 Å². The van der Waals surface area contributed by atoms with E-state index in [2.05, 4.69) is 30.2 Å². The lowest BCUT2D eigenvalue weighted by atomic mass is 9.94. The molecular weight excluding hydrogens is 474 g/mol. The van der Waals surface area contributed by atoms with E-state index in [9.17, 15) is 14.4 Å². The molecule has 3 rings (SSSR count). The van der Waals surface area contributed by atoms with Crippen LogP contribution in [0.15, 0.2) is 18.2 Å². The molecule has 8 heteroatoms. The molecule has 0 aromatic heterocycles. The zero-order chi connectivity index (χ0) is 26.6. The van der Waals surface area contributed by atoms with Crippen LogP contribution in [0.5, 0.6) is 0 Å². The summed E-state index contributed by atoms with van der Waals surface area (Å²) in [6.07, 6.45) is 5.45. The summed E-state index contributed by atoms with van der Waals surface area (Å²) in [5.74, 6) is -0.105. The molecule has 0 aliphatic heterocycles. The normalized spacial score (nSPS) is 21.8. The SMILES string of the molecule is Cc1ccc(C(C(=O)NC2CCCCC2)N(C(=O)C(CS)NC(=O)OC(C)(C)C)C2CC2C)cc1C. The lowest BCUT2D eigenvalue weighted by Gasteiger charge is -2.36. The quantitative estimate of drug-likeness (QED) is 0.430. The van der Waals surface area contributed by atoms with Crippen LogP contribution in [0.1, 0.15) is 89.0 Å². The summed E-state index contributed by atoms with van der Waals surface area (Å²) in [4.78, 5) is 42.1. The maximum atomic E-state index is 14.0. The highest BCUT2D eigenvalue weighted by Crippen LogP contribution is 2.41. The van der Waals surface area contributed by atoms with Gasteiger partial charge in [-0.05, 0) is 76.5 Å². The van der Waals surface area contributed by atoms with Gasteiger partial charge in [0.2, 0.25) is 11.8 Å². The topological polar surface area (TPSA) is 87.7 Å². The molecule has 0 bridgehead atoms. The number of hydrogen-bond donors (Lipinski definition) is 3. The Morgan fingerprint density at radius 2 is 1.75 bits per heavy atom. The number of hydrogen-bond acceptors (Lipinski definition) is 5. The Morgan fingerprint density at radius 3 is 2.28 bits per heavy atom. The first kappa shape index (κ1) is 28.4. The number of aryl methyl sites for hydroxylation is 2. The van der Waals surface area contributed by atoms with Gasteiger partial charge in [0.25, 0.3) is 0 Å². The largest absolute Gasteiger partial charge is 0.444 e. The summed E-state index contributed by atoms with van der Waals surface area (Å²) in [5, 5.41) is 5.94. The Hall–Kier alpha value is -2.22. The van der Waals surface area contributed by atoms with Gasteiger partial charge < -0.3 is 20.3 Å². The van der Waals surface area contributed by atoms with Gasteiger partial charge in [-0.3, -0.25) is 9.59 Å². The molecule has 2 N–H and O–H groups in total. The molecule has 2 saturated carbocycles. The molecule has 1 aromatic rings. The van der Waals surface area contributed by atoms with Gasteiger partial charge in [0.05, 0.1) is 0 Å². The number of rotatable bonds is 8. The van der Waals surface area contributed by atoms with Crippen molar-refractivity contribution < 1.29 is 19.1 Å². The number of ether oxygens (including phenoxy) is 1. The van der Waals surface area contributed by atoms with E-state index < -0.39 is 23.8 Å². The van der Waals surface area contributed by atoms with Crippen LogP contribution >= 0.6 is 12.6 Å². The standard InChI is InChI=1S/C28H43N3O4S/c1-17-12-13-20(14-18(17)2)24(25(32)29-21-10-8-7-9-11-21)31(23-15-19(23)3)26(33)22(16-36)30-27(34)35-28(4,5)6/h12-14,19,21-24,36H,7-11,15-16H2,1-6H3,(H,29,32)(H,30,34). The van der Waals surface area contributed by atoms with Gasteiger partial charge in [0.15, 0.2) is 0 Å². The second-order valence-electron chi connectivity index (χ2n) is 11.5. The highest BCUT2D eigenvalue weighted by Gasteiger charge is 2.48. The van der Waals surface area contributed by atoms with E-state index in [4.69, 9.17) is 4.74 Å². The number of benzene rings is 1. The zero-order valence-corrected chi connectivity index (χ0v) is 23.5. The number of nitrogens with zero attached hydrogens (tertiary/aromatic N) is 1. The average Bonchev–Trinajstić information content (AvgIpc) is 3.52. The van der Waals surface area contributed by atoms with Crippen LogP contribution in [0.2, 0.25) is 0 Å². The number of carbonyl (C=O) groups excluding carboxylic acids is 3. The van der Waals surface area contributed by atoms with E-state index in [0.29, 0.717) is 0 Å². The van der Waals surface area contributed by atoms with Crippen molar-refractivity contribution in [2.45, 2.75) is 110 Å². The number of amides is 3. The summed E-state index contributed by atoms with van der Waals surface area (Å²) >= 11 is 4.37. The average molecular weight is 518 g/mol. The third kappa shape index (κ3) is 7.40. The summed E-state index contributed by atoms with van der Waals surface area (Å²) in [6, 6.07) is 4.30. The van der Waals surface area contributed by atoms with Crippen molar-refractivity contribution in [2.75, 3.05) is 5.75 Å². The first-order chi connectivity index (χ1) is 16.9. The fourth-order valence-electron chi connectivity index (χ4n) is 4.89. The molecule has 0 heterocycles. The summed E-state index contributed by atoms with van der Waals surface area (Å²) in [7, 11) is 0. The Morgan fingerprint density at radius 1 is 1.11 bits per heavy atom. The molecule has 2 aliphatic rings. The lowest BCUT2D eigenvalue weighted by molar-refractivity contribution is -0.143. The van der Waals surface area contributed by atoms with E-state index >= 15 is 0 Å². The Bertz CT molecular complexity index is 955. The Labute approximate surface area is 221 Å². The van der Waals surface area contributed by atoms with E-state index in [0.717, 1.165) is 48.8 Å². The number of carbonyl (C=O) groups is 3. The van der Waals surface area contributed by atoms with Crippen molar-refractivity contribution in [1.29, 1.82) is 0 Å². The fraction of sp³-hybridized carbons (Fsp3) is 0.679. The van der Waals surface area contributed by atoms with Gasteiger partial charge in [-0.15, -0.1) is 0 Å². The maximum Gasteiger partial charge on any atom is 0.408 e. The molecule has 2 fully saturated rings. The van der Waals surface area contributed by atoms with Gasteiger partial charge >= 0.3 is 6.09 Å². The minimum Gasteiger partial charge on any atom is -0.444 e. The van der Waals surface area contributed by atoms with Crippen molar-refractivity contribution in [3.05, 3.63) is 34.9 Å². The van der Waals surface area contributed by atoms with Crippen LogP contribution in [0.4, 0.5) is 4.79 Å². The monoisotopic (exact) mass is 517 g/mol. The van der Waals surface area contributed by atoms with Gasteiger partial charge in [-0.2, -0.15) is 12.6 Å². The van der Waals surface area contributed by atoms with Crippen molar-refractivity contribution in [3.63, 3.8) is 0 Å². The van der Waals surface area contributed by atoms with Gasteiger partial charge in [-0.25, -0.2) is 4.79 Å². The van der Waals surface area contributed by atoms with Crippen LogP contribution in [0.25, 0.3) is 0 Å². The number of thiol groups is 1. The van der Waals surface area contributed by atoms with Gasteiger partial charge in [0.1, 0.15) is 17.7 Å².